The van der Waals surface area contributed by atoms with Crippen molar-refractivity contribution < 1.29 is 8.42 Å². The summed E-state index contributed by atoms with van der Waals surface area (Å²) in [4.78, 5) is 2.21. The molecule has 2 heterocycles. The summed E-state index contributed by atoms with van der Waals surface area (Å²) in [5, 5.41) is 8.48. The first-order valence-electron chi connectivity index (χ1n) is 5.51. The third-order valence-electron chi connectivity index (χ3n) is 3.37. The Morgan fingerprint density at radius 3 is 2.87 bits per heavy atom. The number of hydrogen-bond acceptors (Lipinski definition) is 4. The highest BCUT2D eigenvalue weighted by Gasteiger charge is 2.33. The number of nitrogens with two attached hydrogens (primary N) is 1. The molecule has 0 aromatic carbocycles. The van der Waals surface area contributed by atoms with E-state index in [-0.39, 0.29) is 5.75 Å². The molecule has 0 aliphatic carbocycles. The molecule has 0 aromatic heterocycles. The van der Waals surface area contributed by atoms with Crippen LogP contribution in [0.1, 0.15) is 12.8 Å². The van der Waals surface area contributed by atoms with Gasteiger partial charge in [0, 0.05) is 25.7 Å². The van der Waals surface area contributed by atoms with Gasteiger partial charge in [-0.1, -0.05) is 0 Å². The van der Waals surface area contributed by atoms with E-state index in [1.807, 2.05) is 0 Å². The predicted octanol–water partition coefficient (Wildman–Crippen LogP) is -1.04. The zero-order valence-electron chi connectivity index (χ0n) is 8.85. The van der Waals surface area contributed by atoms with Gasteiger partial charge in [-0.05, 0) is 25.3 Å². The fourth-order valence-corrected chi connectivity index (χ4v) is 3.09. The second-order valence-corrected chi connectivity index (χ2v) is 6.32. The minimum atomic E-state index is -3.31. The van der Waals surface area contributed by atoms with Crippen molar-refractivity contribution >= 4 is 10.0 Å². The molecule has 2 fully saturated rings. The number of fused-ring (bicyclic) bond motifs is 1. The Kier molecular flexibility index (Phi) is 3.30. The fraction of sp³-hybridized carbons (Fsp3) is 1.00. The van der Waals surface area contributed by atoms with Gasteiger partial charge in [0.05, 0.1) is 5.75 Å². The summed E-state index contributed by atoms with van der Waals surface area (Å²) in [7, 11) is -3.31. The number of piperidine rings is 1. The lowest BCUT2D eigenvalue weighted by Gasteiger charge is -2.24. The summed E-state index contributed by atoms with van der Waals surface area (Å²) in [5.74, 6) is 0.783. The van der Waals surface area contributed by atoms with Crippen LogP contribution >= 0.6 is 0 Å². The normalized spacial score (nSPS) is 32.9. The quantitative estimate of drug-likeness (QED) is 0.653. The largest absolute Gasteiger partial charge is 0.312 e. The molecule has 2 unspecified atom stereocenters. The third-order valence-corrected chi connectivity index (χ3v) is 4.12. The summed E-state index contributed by atoms with van der Waals surface area (Å²) in [6.07, 6.45) is 2.51. The van der Waals surface area contributed by atoms with E-state index in [1.165, 1.54) is 12.8 Å². The zero-order valence-corrected chi connectivity index (χ0v) is 9.67. The van der Waals surface area contributed by atoms with Gasteiger partial charge in [-0.3, -0.25) is 0 Å². The van der Waals surface area contributed by atoms with Crippen LogP contribution in [0.4, 0.5) is 0 Å². The number of rotatable bonds is 3. The van der Waals surface area contributed by atoms with E-state index in [2.05, 4.69) is 10.2 Å². The molecule has 5 nitrogen and oxygen atoms in total. The predicted molar refractivity (Wildman–Crippen MR) is 58.9 cm³/mol. The Morgan fingerprint density at radius 2 is 2.20 bits per heavy atom. The maximum Gasteiger partial charge on any atom is 0.210 e. The molecule has 0 bridgehead atoms. The van der Waals surface area contributed by atoms with Crippen LogP contribution in [0, 0.1) is 5.92 Å². The van der Waals surface area contributed by atoms with E-state index in [9.17, 15) is 8.42 Å². The molecule has 15 heavy (non-hydrogen) atoms. The molecule has 0 saturated carbocycles. The zero-order chi connectivity index (χ0) is 10.9. The molecular formula is C9H19N3O2S. The third kappa shape index (κ3) is 3.14. The lowest BCUT2D eigenvalue weighted by atomic mass is 9.94. The molecule has 88 valence electrons. The van der Waals surface area contributed by atoms with Gasteiger partial charge < -0.3 is 10.2 Å². The second-order valence-electron chi connectivity index (χ2n) is 4.59. The Labute approximate surface area is 91.1 Å². The molecule has 0 amide bonds. The number of nitrogens with one attached hydrogen (secondary N) is 1. The average molecular weight is 233 g/mol. The number of hydrogen-bond donors (Lipinski definition) is 2. The van der Waals surface area contributed by atoms with E-state index in [0.29, 0.717) is 18.5 Å². The van der Waals surface area contributed by atoms with Crippen molar-refractivity contribution in [1.82, 2.24) is 10.2 Å². The number of nitrogens with zero attached hydrogens (tertiary/aromatic N) is 1. The lowest BCUT2D eigenvalue weighted by Crippen LogP contribution is -2.40. The van der Waals surface area contributed by atoms with Crippen LogP contribution < -0.4 is 10.5 Å². The van der Waals surface area contributed by atoms with Gasteiger partial charge >= 0.3 is 0 Å². The highest BCUT2D eigenvalue weighted by molar-refractivity contribution is 7.89. The minimum Gasteiger partial charge on any atom is -0.312 e. The highest BCUT2D eigenvalue weighted by atomic mass is 32.2. The van der Waals surface area contributed by atoms with E-state index < -0.39 is 10.0 Å². The number of likely N-dealkylation sites (tertiary alicyclic amines) is 1. The molecule has 0 spiro atoms. The molecule has 6 heteroatoms. The van der Waals surface area contributed by atoms with Crippen LogP contribution in [-0.2, 0) is 10.0 Å². The van der Waals surface area contributed by atoms with Gasteiger partial charge in [0.15, 0.2) is 0 Å². The molecule has 0 aromatic rings. The van der Waals surface area contributed by atoms with Crippen LogP contribution in [0.15, 0.2) is 0 Å². The molecule has 3 N–H and O–H groups in total. The Morgan fingerprint density at radius 1 is 1.40 bits per heavy atom. The smallest absolute Gasteiger partial charge is 0.210 e. The summed E-state index contributed by atoms with van der Waals surface area (Å²) >= 11 is 0. The molecule has 2 saturated heterocycles. The number of primary sulfonamides is 1. The average Bonchev–Trinajstić information content (AvgIpc) is 2.56. The first-order chi connectivity index (χ1) is 7.04. The summed E-state index contributed by atoms with van der Waals surface area (Å²) in [5.41, 5.74) is 0. The lowest BCUT2D eigenvalue weighted by molar-refractivity contribution is 0.331. The highest BCUT2D eigenvalue weighted by Crippen LogP contribution is 2.24. The van der Waals surface area contributed by atoms with Crippen molar-refractivity contribution in [3.05, 3.63) is 0 Å². The van der Waals surface area contributed by atoms with Crippen molar-refractivity contribution in [1.29, 1.82) is 0 Å². The molecule has 2 aliphatic rings. The van der Waals surface area contributed by atoms with Crippen molar-refractivity contribution in [2.24, 2.45) is 11.1 Å². The molecule has 2 atom stereocenters. The molecule has 2 aliphatic heterocycles. The van der Waals surface area contributed by atoms with Crippen LogP contribution in [0.3, 0.4) is 0 Å². The maximum atomic E-state index is 10.8. The molecule has 0 radical (unpaired) electrons. The minimum absolute atomic E-state index is 0.0758. The van der Waals surface area contributed by atoms with Gasteiger partial charge in [-0.15, -0.1) is 0 Å². The first-order valence-corrected chi connectivity index (χ1v) is 7.22. The monoisotopic (exact) mass is 233 g/mol. The molecular weight excluding hydrogens is 214 g/mol. The van der Waals surface area contributed by atoms with E-state index in [1.54, 1.807) is 0 Å². The van der Waals surface area contributed by atoms with Crippen LogP contribution in [0.25, 0.3) is 0 Å². The maximum absolute atomic E-state index is 10.8. The fourth-order valence-electron chi connectivity index (χ4n) is 2.57. The van der Waals surface area contributed by atoms with Crippen molar-refractivity contribution in [2.75, 3.05) is 31.9 Å². The first kappa shape index (κ1) is 11.3. The molecule has 2 rings (SSSR count). The summed E-state index contributed by atoms with van der Waals surface area (Å²) < 4.78 is 21.7. The Hall–Kier alpha value is -0.170. The summed E-state index contributed by atoms with van der Waals surface area (Å²) in [6.45, 7) is 3.67. The van der Waals surface area contributed by atoms with Crippen LogP contribution in [0.5, 0.6) is 0 Å². The van der Waals surface area contributed by atoms with Gasteiger partial charge in [0.1, 0.15) is 0 Å². The summed E-state index contributed by atoms with van der Waals surface area (Å²) in [6, 6.07) is 0.569. The van der Waals surface area contributed by atoms with Gasteiger partial charge in [0.25, 0.3) is 0 Å². The Bertz CT molecular complexity index is 303. The number of sulfonamides is 1. The Balaban J connectivity index is 1.81. The van der Waals surface area contributed by atoms with Crippen LogP contribution in [-0.4, -0.2) is 51.3 Å². The SMILES string of the molecule is NS(=O)(=O)CCN1CC2CCCNC2C1. The van der Waals surface area contributed by atoms with Crippen LogP contribution in [0.2, 0.25) is 0 Å². The second kappa shape index (κ2) is 4.37. The van der Waals surface area contributed by atoms with Gasteiger partial charge in [-0.25, -0.2) is 13.6 Å². The van der Waals surface area contributed by atoms with Gasteiger partial charge in [0.2, 0.25) is 10.0 Å². The van der Waals surface area contributed by atoms with Crippen molar-refractivity contribution in [2.45, 2.75) is 18.9 Å². The topological polar surface area (TPSA) is 75.4 Å². The van der Waals surface area contributed by atoms with E-state index >= 15 is 0 Å². The van der Waals surface area contributed by atoms with E-state index in [0.717, 1.165) is 19.6 Å². The standard InChI is InChI=1S/C9H19N3O2S/c10-15(13,14)5-4-12-6-8-2-1-3-11-9(8)7-12/h8-9,11H,1-7H2,(H2,10,13,14). The van der Waals surface area contributed by atoms with E-state index in [4.69, 9.17) is 5.14 Å². The van der Waals surface area contributed by atoms with Gasteiger partial charge in [-0.2, -0.15) is 0 Å². The van der Waals surface area contributed by atoms with Crippen molar-refractivity contribution in [3.63, 3.8) is 0 Å². The van der Waals surface area contributed by atoms with Crippen molar-refractivity contribution in [3.8, 4) is 0 Å².